The van der Waals surface area contributed by atoms with E-state index in [9.17, 15) is 9.90 Å². The zero-order chi connectivity index (χ0) is 19.2. The number of carbonyl (C=O) groups excluding carboxylic acids is 1. The molecule has 3 rings (SSSR count). The van der Waals surface area contributed by atoms with Crippen LogP contribution in [-0.4, -0.2) is 34.8 Å². The van der Waals surface area contributed by atoms with Gasteiger partial charge in [0, 0.05) is 22.8 Å². The Morgan fingerprint density at radius 2 is 1.93 bits per heavy atom. The van der Waals surface area contributed by atoms with Crippen molar-refractivity contribution in [3.63, 3.8) is 0 Å². The Kier molecular flexibility index (Phi) is 5.95. The maximum Gasteiger partial charge on any atom is 0.415 e. The van der Waals surface area contributed by atoms with Gasteiger partial charge in [-0.3, -0.25) is 4.90 Å². The van der Waals surface area contributed by atoms with Gasteiger partial charge in [0.1, 0.15) is 13.3 Å². The highest BCUT2D eigenvalue weighted by Crippen LogP contribution is 2.23. The molecule has 8 heteroatoms. The number of hydrogen-bond donors (Lipinski definition) is 1. The van der Waals surface area contributed by atoms with E-state index in [4.69, 9.17) is 21.1 Å². The van der Waals surface area contributed by atoms with Gasteiger partial charge in [0.25, 0.3) is 0 Å². The van der Waals surface area contributed by atoms with E-state index in [0.717, 1.165) is 10.6 Å². The number of rotatable bonds is 6. The highest BCUT2D eigenvalue weighted by Gasteiger charge is 2.18. The number of benzene rings is 2. The minimum Gasteiger partial charge on any atom is -0.472 e. The number of amides is 1. The van der Waals surface area contributed by atoms with Gasteiger partial charge in [-0.15, -0.1) is 5.10 Å². The minimum absolute atomic E-state index is 0.168. The number of aromatic nitrogens is 2. The number of aliphatic hydroxyl groups excluding tert-OH is 1. The van der Waals surface area contributed by atoms with E-state index in [-0.39, 0.29) is 6.61 Å². The van der Waals surface area contributed by atoms with Gasteiger partial charge in [0.2, 0.25) is 5.88 Å². The Morgan fingerprint density at radius 3 is 2.63 bits per heavy atom. The third-order valence-corrected chi connectivity index (χ3v) is 4.10. The molecule has 0 saturated carbocycles. The number of anilines is 1. The molecule has 7 nitrogen and oxygen atoms in total. The lowest BCUT2D eigenvalue weighted by Crippen LogP contribution is -2.32. The molecule has 1 heterocycles. The first-order chi connectivity index (χ1) is 13.1. The maximum absolute atomic E-state index is 11.8. The average molecular weight is 388 g/mol. The van der Waals surface area contributed by atoms with Crippen molar-refractivity contribution in [3.8, 4) is 11.6 Å². The lowest BCUT2D eigenvalue weighted by atomic mass is 10.2. The first-order valence-electron chi connectivity index (χ1n) is 8.11. The summed E-state index contributed by atoms with van der Waals surface area (Å²) in [5.41, 5.74) is 2.06. The van der Waals surface area contributed by atoms with E-state index in [2.05, 4.69) is 5.10 Å². The van der Waals surface area contributed by atoms with Gasteiger partial charge < -0.3 is 14.6 Å². The molecule has 140 valence electrons. The van der Waals surface area contributed by atoms with Crippen LogP contribution in [0.3, 0.4) is 0 Å². The summed E-state index contributed by atoms with van der Waals surface area (Å²) in [6, 6.07) is 16.1. The molecular weight excluding hydrogens is 370 g/mol. The normalized spacial score (nSPS) is 10.5. The molecule has 0 radical (unpaired) electrons. The Bertz CT molecular complexity index is 911. The van der Waals surface area contributed by atoms with Crippen molar-refractivity contribution in [1.29, 1.82) is 0 Å². The Hall–Kier alpha value is -3.03. The molecule has 0 aliphatic carbocycles. The predicted octanol–water partition coefficient (Wildman–Crippen LogP) is 3.63. The lowest BCUT2D eigenvalue weighted by Gasteiger charge is -2.21. The van der Waals surface area contributed by atoms with Crippen molar-refractivity contribution in [2.75, 3.05) is 18.7 Å². The van der Waals surface area contributed by atoms with Crippen LogP contribution in [0, 0.1) is 0 Å². The van der Waals surface area contributed by atoms with E-state index in [1.165, 1.54) is 7.11 Å². The van der Waals surface area contributed by atoms with Gasteiger partial charge in [-0.25, -0.2) is 9.48 Å². The fraction of sp³-hybridized carbons (Fsp3) is 0.158. The van der Waals surface area contributed by atoms with Gasteiger partial charge in [-0.05, 0) is 30.3 Å². The topological polar surface area (TPSA) is 76.8 Å². The largest absolute Gasteiger partial charge is 0.472 e. The summed E-state index contributed by atoms with van der Waals surface area (Å²) in [6.07, 6.45) is 1.12. The molecule has 0 saturated heterocycles. The van der Waals surface area contributed by atoms with E-state index in [1.807, 2.05) is 18.2 Å². The summed E-state index contributed by atoms with van der Waals surface area (Å²) in [5, 5.41) is 14.5. The summed E-state index contributed by atoms with van der Waals surface area (Å²) in [6.45, 7) is -0.337. The van der Waals surface area contributed by atoms with Gasteiger partial charge in [0.15, 0.2) is 0 Å². The van der Waals surface area contributed by atoms with Crippen LogP contribution in [0.4, 0.5) is 10.5 Å². The van der Waals surface area contributed by atoms with E-state index < -0.39 is 12.8 Å². The second-order valence-electron chi connectivity index (χ2n) is 5.53. The summed E-state index contributed by atoms with van der Waals surface area (Å²) >= 11 is 5.90. The molecule has 2 aromatic carbocycles. The van der Waals surface area contributed by atoms with Gasteiger partial charge in [0.05, 0.1) is 18.5 Å². The molecule has 0 unspecified atom stereocenters. The lowest BCUT2D eigenvalue weighted by molar-refractivity contribution is 0.168. The molecule has 0 aliphatic rings. The molecule has 0 spiro atoms. The van der Waals surface area contributed by atoms with Crippen LogP contribution in [0.15, 0.2) is 60.8 Å². The number of hydrogen-bond acceptors (Lipinski definition) is 5. The third kappa shape index (κ3) is 4.39. The van der Waals surface area contributed by atoms with Gasteiger partial charge in [-0.1, -0.05) is 29.8 Å². The Labute approximate surface area is 161 Å². The molecule has 0 aliphatic heterocycles. The molecule has 1 aromatic heterocycles. The van der Waals surface area contributed by atoms with Crippen LogP contribution in [-0.2, 0) is 11.3 Å². The SMILES string of the molecule is COC(=O)N(CO)c1ccccc1COc1ccn(-c2ccc(Cl)cc2)n1. The third-order valence-electron chi connectivity index (χ3n) is 3.85. The highest BCUT2D eigenvalue weighted by molar-refractivity contribution is 6.30. The van der Waals surface area contributed by atoms with Crippen LogP contribution in [0.25, 0.3) is 5.69 Å². The number of para-hydroxylation sites is 1. The predicted molar refractivity (Wildman–Crippen MR) is 101 cm³/mol. The van der Waals surface area contributed by atoms with Crippen molar-refractivity contribution in [3.05, 3.63) is 71.4 Å². The number of nitrogens with zero attached hydrogens (tertiary/aromatic N) is 3. The summed E-state index contributed by atoms with van der Waals surface area (Å²) in [4.78, 5) is 12.9. The fourth-order valence-corrected chi connectivity index (χ4v) is 2.64. The smallest absolute Gasteiger partial charge is 0.415 e. The van der Waals surface area contributed by atoms with E-state index >= 15 is 0 Å². The number of methoxy groups -OCH3 is 1. The minimum atomic E-state index is -0.656. The molecule has 0 fully saturated rings. The Balaban J connectivity index is 1.74. The monoisotopic (exact) mass is 387 g/mol. The van der Waals surface area contributed by atoms with Crippen LogP contribution in [0.2, 0.25) is 5.02 Å². The second-order valence-corrected chi connectivity index (χ2v) is 5.97. The molecule has 1 N–H and O–H groups in total. The van der Waals surface area contributed by atoms with Crippen molar-refractivity contribution < 1.29 is 19.4 Å². The molecule has 0 bridgehead atoms. The summed E-state index contributed by atoms with van der Waals surface area (Å²) < 4.78 is 12.1. The second kappa shape index (κ2) is 8.57. The van der Waals surface area contributed by atoms with Crippen LogP contribution < -0.4 is 9.64 Å². The zero-order valence-electron chi connectivity index (χ0n) is 14.6. The number of carbonyl (C=O) groups is 1. The van der Waals surface area contributed by atoms with Gasteiger partial charge in [-0.2, -0.15) is 0 Å². The zero-order valence-corrected chi connectivity index (χ0v) is 15.3. The van der Waals surface area contributed by atoms with Crippen molar-refractivity contribution in [2.45, 2.75) is 6.61 Å². The number of ether oxygens (including phenoxy) is 2. The number of aliphatic hydroxyl groups is 1. The molecule has 1 amide bonds. The standard InChI is InChI=1S/C19H18ClN3O4/c1-26-19(25)22(13-24)17-5-3-2-4-14(17)12-27-18-10-11-23(21-18)16-8-6-15(20)7-9-16/h2-11,24H,12-13H2,1H3. The van der Waals surface area contributed by atoms with Crippen LogP contribution >= 0.6 is 11.6 Å². The average Bonchev–Trinajstić information content (AvgIpc) is 3.17. The van der Waals surface area contributed by atoms with E-state index in [0.29, 0.717) is 22.2 Å². The van der Waals surface area contributed by atoms with Crippen LogP contribution in [0.5, 0.6) is 5.88 Å². The summed E-state index contributed by atoms with van der Waals surface area (Å²) in [5.74, 6) is 0.424. The summed E-state index contributed by atoms with van der Waals surface area (Å²) in [7, 11) is 1.26. The van der Waals surface area contributed by atoms with Crippen molar-refractivity contribution in [2.24, 2.45) is 0 Å². The number of halogens is 1. The van der Waals surface area contributed by atoms with Crippen LogP contribution in [0.1, 0.15) is 5.56 Å². The van der Waals surface area contributed by atoms with Gasteiger partial charge >= 0.3 is 6.09 Å². The molecule has 3 aromatic rings. The van der Waals surface area contributed by atoms with E-state index in [1.54, 1.807) is 47.3 Å². The maximum atomic E-state index is 11.8. The fourth-order valence-electron chi connectivity index (χ4n) is 2.51. The van der Waals surface area contributed by atoms with Crippen molar-refractivity contribution >= 4 is 23.4 Å². The Morgan fingerprint density at radius 1 is 1.19 bits per heavy atom. The van der Waals surface area contributed by atoms with Crippen molar-refractivity contribution in [1.82, 2.24) is 9.78 Å². The molecule has 0 atom stereocenters. The molecule has 27 heavy (non-hydrogen) atoms. The first-order valence-corrected chi connectivity index (χ1v) is 8.49. The quantitative estimate of drug-likeness (QED) is 0.653. The highest BCUT2D eigenvalue weighted by atomic mass is 35.5. The molecular formula is C19H18ClN3O4. The first kappa shape index (κ1) is 18.8.